The van der Waals surface area contributed by atoms with E-state index in [0.29, 0.717) is 12.1 Å². The quantitative estimate of drug-likeness (QED) is 0.706. The van der Waals surface area contributed by atoms with Crippen LogP contribution in [0.25, 0.3) is 0 Å². The number of likely N-dealkylation sites (tertiary alicyclic amines) is 1. The molecule has 0 radical (unpaired) electrons. The smallest absolute Gasteiger partial charge is 0.255 e. The van der Waals surface area contributed by atoms with Gasteiger partial charge in [0.2, 0.25) is 15.9 Å². The number of ether oxygens (including phenoxy) is 1. The maximum absolute atomic E-state index is 12.7. The molecule has 1 saturated heterocycles. The Bertz CT molecular complexity index is 1060. The molecule has 1 fully saturated rings. The summed E-state index contributed by atoms with van der Waals surface area (Å²) in [5, 5.41) is 2.76. The lowest BCUT2D eigenvalue weighted by atomic mass is 10.1. The summed E-state index contributed by atoms with van der Waals surface area (Å²) in [6, 6.07) is 11.3. The molecule has 2 amide bonds. The molecule has 31 heavy (non-hydrogen) atoms. The number of amides is 2. The number of rotatable bonds is 7. The van der Waals surface area contributed by atoms with Crippen molar-refractivity contribution in [1.29, 1.82) is 0 Å². The minimum Gasteiger partial charge on any atom is -0.495 e. The molecule has 3 rings (SSSR count). The summed E-state index contributed by atoms with van der Waals surface area (Å²) in [4.78, 5) is 26.7. The second kappa shape index (κ2) is 9.49. The van der Waals surface area contributed by atoms with E-state index in [9.17, 15) is 18.0 Å². The Hall–Kier alpha value is -2.91. The molecular formula is C22H27N3O5S. The lowest BCUT2D eigenvalue weighted by molar-refractivity contribution is -0.129. The Kier molecular flexibility index (Phi) is 6.97. The van der Waals surface area contributed by atoms with Crippen LogP contribution >= 0.6 is 0 Å². The first-order valence-corrected chi connectivity index (χ1v) is 11.4. The number of carbonyl (C=O) groups excluding carboxylic acids is 2. The second-order valence-electron chi connectivity index (χ2n) is 7.57. The first-order valence-electron chi connectivity index (χ1n) is 10.0. The molecule has 0 bridgehead atoms. The maximum atomic E-state index is 12.7. The molecule has 0 spiro atoms. The number of anilines is 1. The van der Waals surface area contributed by atoms with Gasteiger partial charge in [0.15, 0.2) is 0 Å². The van der Waals surface area contributed by atoms with Gasteiger partial charge >= 0.3 is 0 Å². The highest BCUT2D eigenvalue weighted by Crippen LogP contribution is 2.27. The summed E-state index contributed by atoms with van der Waals surface area (Å²) in [7, 11) is 0.423. The summed E-state index contributed by atoms with van der Waals surface area (Å²) in [6.07, 6.45) is 2.44. The molecule has 0 aromatic heterocycles. The first-order chi connectivity index (χ1) is 14.7. The van der Waals surface area contributed by atoms with Crippen LogP contribution in [0.1, 0.15) is 28.8 Å². The number of hydrogen-bond donors (Lipinski definition) is 1. The Labute approximate surface area is 182 Å². The lowest BCUT2D eigenvalue weighted by Crippen LogP contribution is -2.29. The fraction of sp³-hybridized carbons (Fsp3) is 0.364. The molecule has 0 unspecified atom stereocenters. The van der Waals surface area contributed by atoms with Crippen LogP contribution in [0, 0.1) is 0 Å². The van der Waals surface area contributed by atoms with Crippen molar-refractivity contribution in [1.82, 2.24) is 9.21 Å². The van der Waals surface area contributed by atoms with Gasteiger partial charge in [-0.2, -0.15) is 0 Å². The third kappa shape index (κ3) is 5.23. The van der Waals surface area contributed by atoms with Crippen molar-refractivity contribution >= 4 is 27.5 Å². The first kappa shape index (κ1) is 22.8. The average Bonchev–Trinajstić information content (AvgIpc) is 3.29. The predicted molar refractivity (Wildman–Crippen MR) is 118 cm³/mol. The lowest BCUT2D eigenvalue weighted by Gasteiger charge is -2.16. The predicted octanol–water partition coefficient (Wildman–Crippen LogP) is 2.36. The zero-order chi connectivity index (χ0) is 22.6. The van der Waals surface area contributed by atoms with Gasteiger partial charge in [0.25, 0.3) is 5.91 Å². The molecule has 8 nitrogen and oxygen atoms in total. The summed E-state index contributed by atoms with van der Waals surface area (Å²) >= 11 is 0. The van der Waals surface area contributed by atoms with E-state index < -0.39 is 15.9 Å². The van der Waals surface area contributed by atoms with Crippen molar-refractivity contribution in [2.75, 3.05) is 39.6 Å². The molecule has 2 aromatic carbocycles. The second-order valence-corrected chi connectivity index (χ2v) is 9.69. The van der Waals surface area contributed by atoms with Gasteiger partial charge in [-0.25, -0.2) is 12.7 Å². The van der Waals surface area contributed by atoms with E-state index in [1.807, 2.05) is 4.90 Å². The van der Waals surface area contributed by atoms with Gasteiger partial charge in [-0.15, -0.1) is 0 Å². The highest BCUT2D eigenvalue weighted by atomic mass is 32.2. The van der Waals surface area contributed by atoms with E-state index in [4.69, 9.17) is 4.74 Å². The Balaban J connectivity index is 1.72. The van der Waals surface area contributed by atoms with Crippen molar-refractivity contribution in [2.24, 2.45) is 0 Å². The molecule has 0 atom stereocenters. The van der Waals surface area contributed by atoms with Gasteiger partial charge in [-0.05, 0) is 48.7 Å². The van der Waals surface area contributed by atoms with Gasteiger partial charge < -0.3 is 15.0 Å². The molecule has 1 aliphatic rings. The zero-order valence-electron chi connectivity index (χ0n) is 17.9. The zero-order valence-corrected chi connectivity index (χ0v) is 18.7. The molecule has 0 saturated carbocycles. The summed E-state index contributed by atoms with van der Waals surface area (Å²) in [6.45, 7) is 1.64. The van der Waals surface area contributed by atoms with Crippen molar-refractivity contribution in [2.45, 2.75) is 24.2 Å². The van der Waals surface area contributed by atoms with Gasteiger partial charge in [-0.1, -0.05) is 12.1 Å². The van der Waals surface area contributed by atoms with E-state index >= 15 is 0 Å². The van der Waals surface area contributed by atoms with Gasteiger partial charge in [0.1, 0.15) is 10.6 Å². The highest BCUT2D eigenvalue weighted by Gasteiger charge is 2.24. The molecule has 9 heteroatoms. The standard InChI is InChI=1S/C22H27N3O5S/c1-24(2)31(28,29)20-15-17(8-11-19(20)30-3)22(27)23-18-9-6-16(7-10-18)14-21(26)25-12-4-5-13-25/h6-11,15H,4-5,12-14H2,1-3H3,(H,23,27). The van der Waals surface area contributed by atoms with Gasteiger partial charge in [-0.3, -0.25) is 9.59 Å². The van der Waals surface area contributed by atoms with Crippen LogP contribution in [-0.2, 0) is 21.2 Å². The van der Waals surface area contributed by atoms with Crippen LogP contribution in [0.4, 0.5) is 5.69 Å². The largest absolute Gasteiger partial charge is 0.495 e. The number of benzene rings is 2. The van der Waals surface area contributed by atoms with Crippen molar-refractivity contribution in [3.63, 3.8) is 0 Å². The molecule has 1 aliphatic heterocycles. The van der Waals surface area contributed by atoms with Crippen LogP contribution in [0.15, 0.2) is 47.4 Å². The third-order valence-corrected chi connectivity index (χ3v) is 7.05. The minimum absolute atomic E-state index is 0.0802. The van der Waals surface area contributed by atoms with Crippen LogP contribution in [0.2, 0.25) is 0 Å². The summed E-state index contributed by atoms with van der Waals surface area (Å²) in [5.41, 5.74) is 1.61. The number of nitrogens with one attached hydrogen (secondary N) is 1. The molecule has 0 aliphatic carbocycles. The van der Waals surface area contributed by atoms with E-state index in [0.717, 1.165) is 35.8 Å². The molecular weight excluding hydrogens is 418 g/mol. The monoisotopic (exact) mass is 445 g/mol. The number of carbonyl (C=O) groups is 2. The maximum Gasteiger partial charge on any atom is 0.255 e. The number of methoxy groups -OCH3 is 1. The van der Waals surface area contributed by atoms with Crippen LogP contribution in [0.5, 0.6) is 5.75 Å². The van der Waals surface area contributed by atoms with Crippen LogP contribution in [0.3, 0.4) is 0 Å². The van der Waals surface area contributed by atoms with Crippen molar-refractivity contribution in [3.05, 3.63) is 53.6 Å². The van der Waals surface area contributed by atoms with Gasteiger partial charge in [0, 0.05) is 38.4 Å². The van der Waals surface area contributed by atoms with E-state index in [-0.39, 0.29) is 22.1 Å². The molecule has 2 aromatic rings. The fourth-order valence-electron chi connectivity index (χ4n) is 3.38. The van der Waals surface area contributed by atoms with Gasteiger partial charge in [0.05, 0.1) is 13.5 Å². The summed E-state index contributed by atoms with van der Waals surface area (Å²) in [5.74, 6) is -0.168. The minimum atomic E-state index is -3.78. The number of nitrogens with zero attached hydrogens (tertiary/aromatic N) is 2. The van der Waals surface area contributed by atoms with E-state index in [2.05, 4.69) is 5.32 Å². The average molecular weight is 446 g/mol. The fourth-order valence-corrected chi connectivity index (χ4v) is 4.45. The highest BCUT2D eigenvalue weighted by molar-refractivity contribution is 7.89. The normalized spacial score (nSPS) is 14.0. The third-order valence-electron chi connectivity index (χ3n) is 5.21. The number of hydrogen-bond acceptors (Lipinski definition) is 5. The molecule has 1 heterocycles. The molecule has 166 valence electrons. The van der Waals surface area contributed by atoms with Crippen LogP contribution < -0.4 is 10.1 Å². The van der Waals surface area contributed by atoms with Crippen LogP contribution in [-0.4, -0.2) is 63.7 Å². The van der Waals surface area contributed by atoms with E-state index in [1.54, 1.807) is 24.3 Å². The molecule has 1 N–H and O–H groups in total. The Morgan fingerprint density at radius 1 is 1.06 bits per heavy atom. The topological polar surface area (TPSA) is 96.0 Å². The van der Waals surface area contributed by atoms with Crippen molar-refractivity contribution in [3.8, 4) is 5.75 Å². The van der Waals surface area contributed by atoms with Crippen molar-refractivity contribution < 1.29 is 22.7 Å². The number of sulfonamides is 1. The van der Waals surface area contributed by atoms with E-state index in [1.165, 1.54) is 39.4 Å². The Morgan fingerprint density at radius 3 is 2.29 bits per heavy atom. The summed E-state index contributed by atoms with van der Waals surface area (Å²) < 4.78 is 31.3. The SMILES string of the molecule is COc1ccc(C(=O)Nc2ccc(CC(=O)N3CCCC3)cc2)cc1S(=O)(=O)N(C)C. The Morgan fingerprint density at radius 2 is 1.71 bits per heavy atom.